The van der Waals surface area contributed by atoms with Gasteiger partial charge in [-0.05, 0) is 68.0 Å². The van der Waals surface area contributed by atoms with Crippen LogP contribution in [0.1, 0.15) is 35.1 Å². The molecule has 23 heavy (non-hydrogen) atoms. The van der Waals surface area contributed by atoms with Crippen LogP contribution in [0.3, 0.4) is 0 Å². The average molecular weight is 305 g/mol. The Hall–Kier alpha value is -1.86. The lowest BCUT2D eigenvalue weighted by atomic mass is 9.94. The highest BCUT2D eigenvalue weighted by Crippen LogP contribution is 2.23. The zero-order valence-electron chi connectivity index (χ0n) is 14.3. The summed E-state index contributed by atoms with van der Waals surface area (Å²) in [6.07, 6.45) is 7.33. The van der Waals surface area contributed by atoms with Gasteiger partial charge in [0.2, 0.25) is 0 Å². The Balaban J connectivity index is 1.54. The lowest BCUT2D eigenvalue weighted by molar-refractivity contribution is 0.196. The molecule has 1 fully saturated rings. The van der Waals surface area contributed by atoms with Crippen molar-refractivity contribution in [3.8, 4) is 0 Å². The van der Waals surface area contributed by atoms with Crippen LogP contribution >= 0.6 is 0 Å². The Morgan fingerprint density at radius 1 is 0.913 bits per heavy atom. The number of hydrogen-bond acceptors (Lipinski definition) is 1. The molecule has 3 rings (SSSR count). The molecule has 0 aromatic heterocycles. The third kappa shape index (κ3) is 4.33. The van der Waals surface area contributed by atoms with E-state index in [1.807, 2.05) is 0 Å². The van der Waals surface area contributed by atoms with Crippen molar-refractivity contribution in [2.24, 2.45) is 5.92 Å². The van der Waals surface area contributed by atoms with E-state index in [1.54, 1.807) is 0 Å². The Labute approximate surface area is 140 Å². The molecular weight excluding hydrogens is 278 g/mol. The second-order valence-electron chi connectivity index (χ2n) is 6.76. The molecule has 0 saturated carbocycles. The van der Waals surface area contributed by atoms with Crippen molar-refractivity contribution in [1.82, 2.24) is 4.90 Å². The molecule has 0 N–H and O–H groups in total. The first-order valence-electron chi connectivity index (χ1n) is 8.73. The summed E-state index contributed by atoms with van der Waals surface area (Å²) in [5, 5.41) is 0. The Bertz CT molecular complexity index is 629. The SMILES string of the molecule is Cc1cccc(C)c1/C=C/C1CCN(Cc2ccccc2)CC1. The molecule has 1 aliphatic rings. The summed E-state index contributed by atoms with van der Waals surface area (Å²) < 4.78 is 0. The van der Waals surface area contributed by atoms with Gasteiger partial charge in [0.15, 0.2) is 0 Å². The molecule has 0 aliphatic carbocycles. The molecule has 0 spiro atoms. The molecule has 1 heterocycles. The molecule has 0 atom stereocenters. The van der Waals surface area contributed by atoms with Crippen LogP contribution in [0.5, 0.6) is 0 Å². The van der Waals surface area contributed by atoms with E-state index >= 15 is 0 Å². The van der Waals surface area contributed by atoms with E-state index in [4.69, 9.17) is 0 Å². The van der Waals surface area contributed by atoms with E-state index in [1.165, 1.54) is 48.2 Å². The molecule has 0 bridgehead atoms. The summed E-state index contributed by atoms with van der Waals surface area (Å²) in [7, 11) is 0. The summed E-state index contributed by atoms with van der Waals surface area (Å²) in [4.78, 5) is 2.58. The zero-order valence-corrected chi connectivity index (χ0v) is 14.3. The lowest BCUT2D eigenvalue weighted by Crippen LogP contribution is -2.32. The number of nitrogens with zero attached hydrogens (tertiary/aromatic N) is 1. The van der Waals surface area contributed by atoms with E-state index in [-0.39, 0.29) is 0 Å². The quantitative estimate of drug-likeness (QED) is 0.747. The van der Waals surface area contributed by atoms with Gasteiger partial charge in [0.1, 0.15) is 0 Å². The van der Waals surface area contributed by atoms with E-state index in [0.717, 1.165) is 12.5 Å². The van der Waals surface area contributed by atoms with Crippen LogP contribution in [-0.2, 0) is 6.54 Å². The predicted octanol–water partition coefficient (Wildman–Crippen LogP) is 5.23. The van der Waals surface area contributed by atoms with Gasteiger partial charge in [-0.15, -0.1) is 0 Å². The van der Waals surface area contributed by atoms with E-state index < -0.39 is 0 Å². The molecule has 0 amide bonds. The number of piperidine rings is 1. The molecule has 1 heteroatoms. The van der Waals surface area contributed by atoms with Gasteiger partial charge >= 0.3 is 0 Å². The molecule has 120 valence electrons. The first kappa shape index (κ1) is 16.0. The van der Waals surface area contributed by atoms with Crippen molar-refractivity contribution >= 4 is 6.08 Å². The van der Waals surface area contributed by atoms with Crippen molar-refractivity contribution in [1.29, 1.82) is 0 Å². The van der Waals surface area contributed by atoms with Gasteiger partial charge in [-0.2, -0.15) is 0 Å². The summed E-state index contributed by atoms with van der Waals surface area (Å²) in [6.45, 7) is 7.91. The maximum absolute atomic E-state index is 2.58. The maximum Gasteiger partial charge on any atom is 0.0233 e. The van der Waals surface area contributed by atoms with Crippen LogP contribution < -0.4 is 0 Å². The van der Waals surface area contributed by atoms with Crippen molar-refractivity contribution in [2.75, 3.05) is 13.1 Å². The van der Waals surface area contributed by atoms with Crippen LogP contribution in [0.2, 0.25) is 0 Å². The van der Waals surface area contributed by atoms with Crippen LogP contribution in [0.4, 0.5) is 0 Å². The Kier molecular flexibility index (Phi) is 5.30. The standard InChI is InChI=1S/C22H27N/c1-18-7-6-8-19(2)22(18)12-11-20-13-15-23(16-14-20)17-21-9-4-3-5-10-21/h3-12,20H,13-17H2,1-2H3/b12-11+. The van der Waals surface area contributed by atoms with Gasteiger partial charge in [-0.1, -0.05) is 60.7 Å². The Morgan fingerprint density at radius 3 is 2.22 bits per heavy atom. The van der Waals surface area contributed by atoms with Crippen LogP contribution in [0.25, 0.3) is 6.08 Å². The van der Waals surface area contributed by atoms with Crippen LogP contribution in [0, 0.1) is 19.8 Å². The highest BCUT2D eigenvalue weighted by Gasteiger charge is 2.17. The molecule has 2 aromatic rings. The highest BCUT2D eigenvalue weighted by molar-refractivity contribution is 5.57. The monoisotopic (exact) mass is 305 g/mol. The number of aryl methyl sites for hydroxylation is 2. The van der Waals surface area contributed by atoms with E-state index in [0.29, 0.717) is 0 Å². The number of benzene rings is 2. The minimum absolute atomic E-state index is 0.723. The second-order valence-corrected chi connectivity index (χ2v) is 6.76. The third-order valence-corrected chi connectivity index (χ3v) is 4.96. The van der Waals surface area contributed by atoms with Gasteiger partial charge < -0.3 is 0 Å². The highest BCUT2D eigenvalue weighted by atomic mass is 15.1. The minimum atomic E-state index is 0.723. The molecule has 1 nitrogen and oxygen atoms in total. The summed E-state index contributed by atoms with van der Waals surface area (Å²) in [5.41, 5.74) is 5.58. The van der Waals surface area contributed by atoms with Gasteiger partial charge in [0.25, 0.3) is 0 Å². The minimum Gasteiger partial charge on any atom is -0.299 e. The zero-order chi connectivity index (χ0) is 16.1. The molecule has 1 saturated heterocycles. The lowest BCUT2D eigenvalue weighted by Gasteiger charge is -2.30. The topological polar surface area (TPSA) is 3.24 Å². The third-order valence-electron chi connectivity index (χ3n) is 4.96. The fourth-order valence-corrected chi connectivity index (χ4v) is 3.47. The number of rotatable bonds is 4. The summed E-state index contributed by atoms with van der Waals surface area (Å²) in [6, 6.07) is 17.4. The summed E-state index contributed by atoms with van der Waals surface area (Å²) in [5.74, 6) is 0.723. The molecule has 0 unspecified atom stereocenters. The molecule has 1 aliphatic heterocycles. The van der Waals surface area contributed by atoms with Crippen molar-refractivity contribution in [3.05, 3.63) is 76.9 Å². The van der Waals surface area contributed by atoms with Gasteiger partial charge in [-0.3, -0.25) is 4.90 Å². The van der Waals surface area contributed by atoms with Crippen LogP contribution in [0.15, 0.2) is 54.6 Å². The van der Waals surface area contributed by atoms with Gasteiger partial charge in [-0.25, -0.2) is 0 Å². The molecular formula is C22H27N. The van der Waals surface area contributed by atoms with Crippen molar-refractivity contribution in [3.63, 3.8) is 0 Å². The normalized spacial score (nSPS) is 17.0. The fraction of sp³-hybridized carbons (Fsp3) is 0.364. The van der Waals surface area contributed by atoms with Crippen molar-refractivity contribution in [2.45, 2.75) is 33.2 Å². The first-order valence-corrected chi connectivity index (χ1v) is 8.73. The van der Waals surface area contributed by atoms with Crippen LogP contribution in [-0.4, -0.2) is 18.0 Å². The average Bonchev–Trinajstić information content (AvgIpc) is 2.57. The first-order chi connectivity index (χ1) is 11.2. The maximum atomic E-state index is 2.58. The number of allylic oxidation sites excluding steroid dienone is 1. The summed E-state index contributed by atoms with van der Waals surface area (Å²) >= 11 is 0. The smallest absolute Gasteiger partial charge is 0.0233 e. The van der Waals surface area contributed by atoms with Gasteiger partial charge in [0, 0.05) is 6.54 Å². The van der Waals surface area contributed by atoms with E-state index in [9.17, 15) is 0 Å². The van der Waals surface area contributed by atoms with Crippen molar-refractivity contribution < 1.29 is 0 Å². The largest absolute Gasteiger partial charge is 0.299 e. The number of hydrogen-bond donors (Lipinski definition) is 0. The molecule has 2 aromatic carbocycles. The van der Waals surface area contributed by atoms with E-state index in [2.05, 4.69) is 79.4 Å². The second kappa shape index (κ2) is 7.61. The molecule has 0 radical (unpaired) electrons. The fourth-order valence-electron chi connectivity index (χ4n) is 3.47. The predicted molar refractivity (Wildman–Crippen MR) is 99.4 cm³/mol. The van der Waals surface area contributed by atoms with Gasteiger partial charge in [0.05, 0.1) is 0 Å². The number of likely N-dealkylation sites (tertiary alicyclic amines) is 1. The Morgan fingerprint density at radius 2 is 1.57 bits per heavy atom.